The van der Waals surface area contributed by atoms with Crippen LogP contribution in [0.25, 0.3) is 10.9 Å². The van der Waals surface area contributed by atoms with Gasteiger partial charge in [0, 0.05) is 17.4 Å². The maximum atomic E-state index is 11.7. The van der Waals surface area contributed by atoms with Gasteiger partial charge >= 0.3 is 0 Å². The number of nitrogens with zero attached hydrogens (tertiary/aromatic N) is 1. The highest BCUT2D eigenvalue weighted by molar-refractivity contribution is 6.00. The number of carbonyl (C=O) groups is 1. The molecule has 3 rings (SSSR count). The lowest BCUT2D eigenvalue weighted by Crippen LogP contribution is -2.12. The monoisotopic (exact) mass is 269 g/mol. The average Bonchev–Trinajstić information content (AvgIpc) is 2.27. The third kappa shape index (κ3) is 2.43. The Hall–Kier alpha value is -1.12. The summed E-state index contributed by atoms with van der Waals surface area (Å²) in [4.78, 5) is 16.2. The lowest BCUT2D eigenvalue weighted by atomic mass is 9.93. The molecule has 1 aromatic carbocycles. The first-order chi connectivity index (χ1) is 7.34. The van der Waals surface area contributed by atoms with Crippen LogP contribution in [0.2, 0.25) is 0 Å². The summed E-state index contributed by atoms with van der Waals surface area (Å²) in [6.45, 7) is 0. The van der Waals surface area contributed by atoms with Crippen LogP contribution in [-0.2, 0) is 6.42 Å². The van der Waals surface area contributed by atoms with E-state index in [1.54, 1.807) is 0 Å². The highest BCUT2D eigenvalue weighted by Gasteiger charge is 2.18. The fourth-order valence-electron chi connectivity index (χ4n) is 2.14. The average molecular weight is 270 g/mol. The zero-order valence-electron chi connectivity index (χ0n) is 9.18. The van der Waals surface area contributed by atoms with Gasteiger partial charge in [-0.1, -0.05) is 18.2 Å². The molecule has 0 saturated heterocycles. The van der Waals surface area contributed by atoms with Crippen molar-refractivity contribution >= 4 is 41.5 Å². The molecule has 0 atom stereocenters. The van der Waals surface area contributed by atoms with Crippen LogP contribution in [0, 0.1) is 0 Å². The third-order valence-electron chi connectivity index (χ3n) is 2.92. The van der Waals surface area contributed by atoms with Crippen LogP contribution in [0.1, 0.15) is 28.9 Å². The van der Waals surface area contributed by atoms with Gasteiger partial charge in [0.2, 0.25) is 0 Å². The number of aryl methyl sites for hydroxylation is 1. The molecule has 1 aromatic heterocycles. The number of para-hydroxylation sites is 1. The second-order valence-corrected chi connectivity index (χ2v) is 3.95. The van der Waals surface area contributed by atoms with Crippen molar-refractivity contribution in [3.05, 3.63) is 41.6 Å². The van der Waals surface area contributed by atoms with Gasteiger partial charge in [0.05, 0.1) is 11.2 Å². The number of ketones is 1. The maximum absolute atomic E-state index is 11.7. The van der Waals surface area contributed by atoms with Gasteiger partial charge in [-0.05, 0) is 25.0 Å². The first kappa shape index (κ1) is 13.9. The minimum absolute atomic E-state index is 0. The Kier molecular flexibility index (Phi) is 4.49. The lowest BCUT2D eigenvalue weighted by molar-refractivity contribution is 0.0972. The van der Waals surface area contributed by atoms with Crippen LogP contribution < -0.4 is 0 Å². The van der Waals surface area contributed by atoms with E-state index in [1.165, 1.54) is 0 Å². The van der Waals surface area contributed by atoms with Crippen molar-refractivity contribution in [2.24, 2.45) is 0 Å². The van der Waals surface area contributed by atoms with Gasteiger partial charge in [-0.25, -0.2) is 0 Å². The third-order valence-corrected chi connectivity index (χ3v) is 2.92. The largest absolute Gasteiger partial charge is 0.294 e. The van der Waals surface area contributed by atoms with Gasteiger partial charge in [-0.2, -0.15) is 0 Å². The molecule has 1 aliphatic rings. The van der Waals surface area contributed by atoms with Gasteiger partial charge in [-0.3, -0.25) is 9.78 Å². The van der Waals surface area contributed by atoms with Crippen molar-refractivity contribution in [3.63, 3.8) is 0 Å². The molecule has 0 fully saturated rings. The van der Waals surface area contributed by atoms with Gasteiger partial charge < -0.3 is 0 Å². The molecular formula is C13H13Cl2NO. The number of halogens is 2. The number of Topliss-reactive ketones (excluding diaryl/α,β-unsaturated/α-hetero) is 1. The zero-order valence-corrected chi connectivity index (χ0v) is 10.8. The van der Waals surface area contributed by atoms with Crippen LogP contribution in [0.15, 0.2) is 30.3 Å². The second kappa shape index (κ2) is 5.48. The normalized spacial score (nSPS) is 13.5. The fourth-order valence-corrected chi connectivity index (χ4v) is 2.14. The number of benzene rings is 1. The topological polar surface area (TPSA) is 30.0 Å². The van der Waals surface area contributed by atoms with Crippen LogP contribution in [-0.4, -0.2) is 10.8 Å². The number of hydrogen-bond acceptors (Lipinski definition) is 2. The van der Waals surface area contributed by atoms with Crippen LogP contribution in [0.4, 0.5) is 0 Å². The molecule has 0 unspecified atom stereocenters. The molecule has 0 bridgehead atoms. The van der Waals surface area contributed by atoms with E-state index in [0.29, 0.717) is 6.42 Å². The predicted octanol–water partition coefficient (Wildman–Crippen LogP) is 3.60. The number of carbonyl (C=O) groups excluding carboxylic acids is 1. The molecule has 2 aromatic rings. The van der Waals surface area contributed by atoms with Gasteiger partial charge in [0.1, 0.15) is 0 Å². The first-order valence-corrected chi connectivity index (χ1v) is 5.26. The molecule has 1 heterocycles. The van der Waals surface area contributed by atoms with Crippen molar-refractivity contribution < 1.29 is 4.79 Å². The van der Waals surface area contributed by atoms with E-state index >= 15 is 0 Å². The molecule has 0 N–H and O–H groups in total. The molecule has 0 aliphatic heterocycles. The number of fused-ring (bicyclic) bond motifs is 2. The molecular weight excluding hydrogens is 257 g/mol. The fraction of sp³-hybridized carbons (Fsp3) is 0.231. The SMILES string of the molecule is Cl.Cl.O=C1CCCc2nc3ccccc3cc21. The predicted molar refractivity (Wildman–Crippen MR) is 73.5 cm³/mol. The smallest absolute Gasteiger partial charge is 0.164 e. The summed E-state index contributed by atoms with van der Waals surface area (Å²) in [5.41, 5.74) is 2.80. The van der Waals surface area contributed by atoms with E-state index in [1.807, 2.05) is 30.3 Å². The Balaban J connectivity index is 0.000000722. The molecule has 4 heteroatoms. The van der Waals surface area contributed by atoms with Crippen molar-refractivity contribution in [3.8, 4) is 0 Å². The van der Waals surface area contributed by atoms with Gasteiger partial charge in [0.25, 0.3) is 0 Å². The molecule has 0 spiro atoms. The maximum Gasteiger partial charge on any atom is 0.164 e. The number of rotatable bonds is 0. The first-order valence-electron chi connectivity index (χ1n) is 5.26. The number of aromatic nitrogens is 1. The highest BCUT2D eigenvalue weighted by atomic mass is 35.5. The summed E-state index contributed by atoms with van der Waals surface area (Å²) < 4.78 is 0. The molecule has 1 aliphatic carbocycles. The molecule has 0 amide bonds. The van der Waals surface area contributed by atoms with Crippen molar-refractivity contribution in [2.45, 2.75) is 19.3 Å². The Morgan fingerprint density at radius 3 is 2.65 bits per heavy atom. The molecule has 2 nitrogen and oxygen atoms in total. The Bertz CT molecular complexity index is 554. The molecule has 0 radical (unpaired) electrons. The Labute approximate surface area is 112 Å². The van der Waals surface area contributed by atoms with Crippen LogP contribution in [0.3, 0.4) is 0 Å². The van der Waals surface area contributed by atoms with Gasteiger partial charge in [-0.15, -0.1) is 24.8 Å². The quantitative estimate of drug-likeness (QED) is 0.732. The summed E-state index contributed by atoms with van der Waals surface area (Å²) in [5.74, 6) is 0.245. The van der Waals surface area contributed by atoms with E-state index in [-0.39, 0.29) is 30.6 Å². The van der Waals surface area contributed by atoms with E-state index in [2.05, 4.69) is 4.98 Å². The number of hydrogen-bond donors (Lipinski definition) is 0. The van der Waals surface area contributed by atoms with Crippen molar-refractivity contribution in [1.29, 1.82) is 0 Å². The Morgan fingerprint density at radius 1 is 1.06 bits per heavy atom. The van der Waals surface area contributed by atoms with E-state index in [0.717, 1.165) is 35.0 Å². The summed E-state index contributed by atoms with van der Waals surface area (Å²) in [6, 6.07) is 9.94. The van der Waals surface area contributed by atoms with E-state index in [4.69, 9.17) is 0 Å². The van der Waals surface area contributed by atoms with Crippen molar-refractivity contribution in [1.82, 2.24) is 4.98 Å². The zero-order chi connectivity index (χ0) is 10.3. The van der Waals surface area contributed by atoms with Crippen molar-refractivity contribution in [2.75, 3.05) is 0 Å². The van der Waals surface area contributed by atoms with Gasteiger partial charge in [0.15, 0.2) is 5.78 Å². The van der Waals surface area contributed by atoms with Crippen LogP contribution >= 0.6 is 24.8 Å². The number of pyridine rings is 1. The van der Waals surface area contributed by atoms with Crippen LogP contribution in [0.5, 0.6) is 0 Å². The Morgan fingerprint density at radius 2 is 1.82 bits per heavy atom. The highest BCUT2D eigenvalue weighted by Crippen LogP contribution is 2.23. The molecule has 0 saturated carbocycles. The summed E-state index contributed by atoms with van der Waals surface area (Å²) in [5, 5.41) is 1.06. The minimum Gasteiger partial charge on any atom is -0.294 e. The van der Waals surface area contributed by atoms with E-state index in [9.17, 15) is 4.79 Å². The molecule has 17 heavy (non-hydrogen) atoms. The molecule has 90 valence electrons. The standard InChI is InChI=1S/C13H11NO.2ClH/c15-13-7-3-6-12-10(13)8-9-4-1-2-5-11(9)14-12;;/h1-2,4-5,8H,3,6-7H2;2*1H. The minimum atomic E-state index is 0. The van der Waals surface area contributed by atoms with E-state index < -0.39 is 0 Å². The summed E-state index contributed by atoms with van der Waals surface area (Å²) >= 11 is 0. The second-order valence-electron chi connectivity index (χ2n) is 3.95. The summed E-state index contributed by atoms with van der Waals surface area (Å²) in [6.07, 6.45) is 2.55. The lowest BCUT2D eigenvalue weighted by Gasteiger charge is -2.14. The summed E-state index contributed by atoms with van der Waals surface area (Å²) in [7, 11) is 0.